The number of nitro groups is 1. The van der Waals surface area contributed by atoms with Gasteiger partial charge < -0.3 is 9.84 Å². The molecular weight excluding hydrogens is 564 g/mol. The molecule has 3 aromatic carbocycles. The van der Waals surface area contributed by atoms with E-state index in [1.165, 1.54) is 30.0 Å². The van der Waals surface area contributed by atoms with Crippen LogP contribution in [0, 0.1) is 17.0 Å². The number of ether oxygens (including phenoxy) is 1. The van der Waals surface area contributed by atoms with Crippen molar-refractivity contribution in [1.29, 1.82) is 0 Å². The largest absolute Gasteiger partial charge is 0.507 e. The standard InChI is InChI=1S/C29H24N4O6S2/c1-3-39-22-13-11-19(12-14-22)25(34)23-24(20-5-4-6-21(15-20)33(37)38)32(27(36)26(23)35)28-30-31-29(41-28)40-16-18-9-7-17(2)8-10-18/h4-15,24,34H,3,16H2,1-2H3/b25-23-. The molecule has 0 spiro atoms. The van der Waals surface area contributed by atoms with E-state index >= 15 is 0 Å². The fraction of sp³-hybridized carbons (Fsp3) is 0.172. The number of rotatable bonds is 9. The van der Waals surface area contributed by atoms with Crippen molar-refractivity contribution in [3.63, 3.8) is 0 Å². The Labute approximate surface area is 243 Å². The highest BCUT2D eigenvalue weighted by atomic mass is 32.2. The Kier molecular flexibility index (Phi) is 8.13. The number of aliphatic hydroxyl groups excluding tert-OH is 1. The SMILES string of the molecule is CCOc1ccc(/C(O)=C2/C(=O)C(=O)N(c3nnc(SCc4ccc(C)cc4)s3)C2c2cccc([N+](=O)[O-])c2)cc1. The van der Waals surface area contributed by atoms with Crippen LogP contribution in [0.5, 0.6) is 5.75 Å². The second kappa shape index (κ2) is 11.9. The van der Waals surface area contributed by atoms with Gasteiger partial charge in [0.2, 0.25) is 5.13 Å². The molecule has 1 aliphatic rings. The highest BCUT2D eigenvalue weighted by molar-refractivity contribution is 8.00. The molecule has 208 valence electrons. The Hall–Kier alpha value is -4.55. The molecule has 41 heavy (non-hydrogen) atoms. The molecule has 1 unspecified atom stereocenters. The number of benzene rings is 3. The predicted molar refractivity (Wildman–Crippen MR) is 156 cm³/mol. The molecule has 2 heterocycles. The number of Topliss-reactive ketones (excluding diaryl/α,β-unsaturated/α-hetero) is 1. The first-order chi connectivity index (χ1) is 19.8. The van der Waals surface area contributed by atoms with Crippen LogP contribution in [0.1, 0.15) is 35.2 Å². The number of aliphatic hydroxyl groups is 1. The van der Waals surface area contributed by atoms with Gasteiger partial charge in [-0.3, -0.25) is 24.6 Å². The van der Waals surface area contributed by atoms with Gasteiger partial charge in [0.05, 0.1) is 23.1 Å². The number of ketones is 1. The summed E-state index contributed by atoms with van der Waals surface area (Å²) >= 11 is 2.56. The number of aryl methyl sites for hydroxylation is 1. The van der Waals surface area contributed by atoms with Crippen molar-refractivity contribution >= 4 is 51.4 Å². The number of thioether (sulfide) groups is 1. The molecule has 1 aromatic heterocycles. The van der Waals surface area contributed by atoms with E-state index in [1.54, 1.807) is 30.3 Å². The minimum absolute atomic E-state index is 0.140. The fourth-order valence-corrected chi connectivity index (χ4v) is 6.20. The summed E-state index contributed by atoms with van der Waals surface area (Å²) in [5.41, 5.74) is 2.37. The van der Waals surface area contributed by atoms with Crippen LogP contribution in [0.3, 0.4) is 0 Å². The molecule has 1 aliphatic heterocycles. The smallest absolute Gasteiger partial charge is 0.301 e. The van der Waals surface area contributed by atoms with Gasteiger partial charge in [-0.1, -0.05) is 65.1 Å². The third-order valence-corrected chi connectivity index (χ3v) is 8.49. The molecule has 0 aliphatic carbocycles. The molecule has 4 aromatic rings. The molecule has 1 atom stereocenters. The van der Waals surface area contributed by atoms with E-state index in [2.05, 4.69) is 10.2 Å². The zero-order valence-corrected chi connectivity index (χ0v) is 23.6. The molecule has 12 heteroatoms. The Bertz CT molecular complexity index is 1650. The number of nitrogens with zero attached hydrogens (tertiary/aromatic N) is 4. The predicted octanol–water partition coefficient (Wildman–Crippen LogP) is 6.07. The van der Waals surface area contributed by atoms with E-state index in [4.69, 9.17) is 4.74 Å². The second-order valence-corrected chi connectivity index (χ2v) is 11.3. The number of nitro benzene ring substituents is 1. The average Bonchev–Trinajstić information content (AvgIpc) is 3.55. The lowest BCUT2D eigenvalue weighted by Crippen LogP contribution is -2.29. The number of amides is 1. The van der Waals surface area contributed by atoms with Gasteiger partial charge >= 0.3 is 5.91 Å². The van der Waals surface area contributed by atoms with E-state index < -0.39 is 28.4 Å². The van der Waals surface area contributed by atoms with Gasteiger partial charge in [-0.2, -0.15) is 0 Å². The molecule has 5 rings (SSSR count). The van der Waals surface area contributed by atoms with Crippen molar-refractivity contribution < 1.29 is 24.4 Å². The van der Waals surface area contributed by atoms with Gasteiger partial charge in [-0.15, -0.1) is 10.2 Å². The van der Waals surface area contributed by atoms with Crippen LogP contribution in [-0.2, 0) is 15.3 Å². The summed E-state index contributed by atoms with van der Waals surface area (Å²) in [4.78, 5) is 39.0. The third-order valence-electron chi connectivity index (χ3n) is 6.36. The molecular formula is C29H24N4O6S2. The van der Waals surface area contributed by atoms with Crippen molar-refractivity contribution in [1.82, 2.24) is 10.2 Å². The Morgan fingerprint density at radius 2 is 1.83 bits per heavy atom. The van der Waals surface area contributed by atoms with Crippen molar-refractivity contribution in [2.45, 2.75) is 30.0 Å². The summed E-state index contributed by atoms with van der Waals surface area (Å²) in [6, 6.07) is 19.0. The maximum atomic E-state index is 13.4. The highest BCUT2D eigenvalue weighted by Gasteiger charge is 2.48. The number of hydrogen-bond donors (Lipinski definition) is 1. The maximum absolute atomic E-state index is 13.4. The van der Waals surface area contributed by atoms with Gasteiger partial charge in [-0.25, -0.2) is 0 Å². The normalized spacial score (nSPS) is 16.2. The quantitative estimate of drug-likeness (QED) is 0.0470. The summed E-state index contributed by atoms with van der Waals surface area (Å²) in [6.45, 7) is 4.31. The van der Waals surface area contributed by atoms with E-state index in [1.807, 2.05) is 38.1 Å². The van der Waals surface area contributed by atoms with E-state index in [0.29, 0.717) is 22.4 Å². The molecule has 0 radical (unpaired) electrons. The first-order valence-corrected chi connectivity index (χ1v) is 14.4. The number of non-ortho nitro benzene ring substituents is 1. The van der Waals surface area contributed by atoms with Crippen LogP contribution in [0.15, 0.2) is 82.7 Å². The van der Waals surface area contributed by atoms with Gasteiger partial charge in [0.1, 0.15) is 11.5 Å². The van der Waals surface area contributed by atoms with Crippen LogP contribution in [0.25, 0.3) is 5.76 Å². The Morgan fingerprint density at radius 3 is 2.51 bits per heavy atom. The monoisotopic (exact) mass is 588 g/mol. The second-order valence-electron chi connectivity index (χ2n) is 9.10. The minimum atomic E-state index is -1.16. The van der Waals surface area contributed by atoms with Gasteiger partial charge in [0, 0.05) is 23.4 Å². The topological polar surface area (TPSA) is 136 Å². The summed E-state index contributed by atoms with van der Waals surface area (Å²) in [6.07, 6.45) is 0. The van der Waals surface area contributed by atoms with E-state index in [0.717, 1.165) is 27.4 Å². The van der Waals surface area contributed by atoms with Crippen LogP contribution in [-0.4, -0.2) is 38.5 Å². The van der Waals surface area contributed by atoms with Crippen molar-refractivity contribution in [2.24, 2.45) is 0 Å². The summed E-state index contributed by atoms with van der Waals surface area (Å²) < 4.78 is 6.03. The molecule has 1 fully saturated rings. The highest BCUT2D eigenvalue weighted by Crippen LogP contribution is 2.44. The first-order valence-electron chi connectivity index (χ1n) is 12.6. The third kappa shape index (κ3) is 5.83. The van der Waals surface area contributed by atoms with E-state index in [-0.39, 0.29) is 27.5 Å². The van der Waals surface area contributed by atoms with Crippen LogP contribution in [0.2, 0.25) is 0 Å². The molecule has 0 bridgehead atoms. The Balaban J connectivity index is 1.55. The summed E-state index contributed by atoms with van der Waals surface area (Å²) in [5.74, 6) is -1.06. The Morgan fingerprint density at radius 1 is 1.10 bits per heavy atom. The number of hydrogen-bond acceptors (Lipinski definition) is 10. The lowest BCUT2D eigenvalue weighted by Gasteiger charge is -2.22. The minimum Gasteiger partial charge on any atom is -0.507 e. The van der Waals surface area contributed by atoms with Crippen LogP contribution >= 0.6 is 23.1 Å². The van der Waals surface area contributed by atoms with Crippen molar-refractivity contribution in [3.05, 3.63) is 111 Å². The fourth-order valence-electron chi connectivity index (χ4n) is 4.37. The number of carbonyl (C=O) groups excluding carboxylic acids is 2. The van der Waals surface area contributed by atoms with Crippen molar-refractivity contribution in [3.8, 4) is 5.75 Å². The first kappa shape index (κ1) is 28.0. The lowest BCUT2D eigenvalue weighted by atomic mass is 9.95. The zero-order valence-electron chi connectivity index (χ0n) is 22.0. The number of aromatic nitrogens is 2. The maximum Gasteiger partial charge on any atom is 0.301 e. The van der Waals surface area contributed by atoms with Gasteiger partial charge in [-0.05, 0) is 49.2 Å². The molecule has 1 saturated heterocycles. The van der Waals surface area contributed by atoms with Crippen LogP contribution < -0.4 is 9.64 Å². The average molecular weight is 589 g/mol. The molecule has 10 nitrogen and oxygen atoms in total. The number of anilines is 1. The molecule has 1 N–H and O–H groups in total. The summed E-state index contributed by atoms with van der Waals surface area (Å²) in [7, 11) is 0. The van der Waals surface area contributed by atoms with Gasteiger partial charge in [0.25, 0.3) is 11.5 Å². The van der Waals surface area contributed by atoms with Crippen LogP contribution in [0.4, 0.5) is 10.8 Å². The molecule has 0 saturated carbocycles. The summed E-state index contributed by atoms with van der Waals surface area (Å²) in [5, 5.41) is 31.4. The zero-order chi connectivity index (χ0) is 29.1. The van der Waals surface area contributed by atoms with Gasteiger partial charge in [0.15, 0.2) is 4.34 Å². The van der Waals surface area contributed by atoms with Crippen molar-refractivity contribution in [2.75, 3.05) is 11.5 Å². The lowest BCUT2D eigenvalue weighted by molar-refractivity contribution is -0.384. The van der Waals surface area contributed by atoms with E-state index in [9.17, 15) is 24.8 Å². The number of carbonyl (C=O) groups is 2. The molecule has 1 amide bonds.